The van der Waals surface area contributed by atoms with Gasteiger partial charge in [0, 0.05) is 32.2 Å². The van der Waals surface area contributed by atoms with Gasteiger partial charge in [-0.15, -0.1) is 0 Å². The largest absolute Gasteiger partial charge is 0.465 e. The molecule has 0 aliphatic carbocycles. The number of nitrogens with one attached hydrogen (secondary N) is 1. The maximum Gasteiger partial charge on any atom is 0.327 e. The van der Waals surface area contributed by atoms with Crippen molar-refractivity contribution in [2.24, 2.45) is 0 Å². The van der Waals surface area contributed by atoms with Crippen molar-refractivity contribution in [2.45, 2.75) is 38.8 Å². The Kier molecular flexibility index (Phi) is 6.23. The van der Waals surface area contributed by atoms with Crippen LogP contribution in [0.15, 0.2) is 0 Å². The molecule has 1 N–H and O–H groups in total. The van der Waals surface area contributed by atoms with Gasteiger partial charge in [-0.1, -0.05) is 0 Å². The molecule has 1 rings (SSSR count). The topological polar surface area (TPSA) is 44.8 Å². The predicted octanol–water partition coefficient (Wildman–Crippen LogP) is 0.554. The Morgan fingerprint density at radius 1 is 1.47 bits per heavy atom. The van der Waals surface area contributed by atoms with Gasteiger partial charge in [-0.05, 0) is 41.3 Å². The zero-order valence-electron chi connectivity index (χ0n) is 13.0. The summed E-state index contributed by atoms with van der Waals surface area (Å²) in [5.74, 6) is -0.100. The first-order valence-electron chi connectivity index (χ1n) is 7.22. The van der Waals surface area contributed by atoms with Crippen molar-refractivity contribution in [3.8, 4) is 0 Å². The van der Waals surface area contributed by atoms with Gasteiger partial charge < -0.3 is 9.64 Å². The third kappa shape index (κ3) is 4.44. The van der Waals surface area contributed by atoms with Crippen LogP contribution in [0.4, 0.5) is 0 Å². The maximum absolute atomic E-state index is 12.3. The number of carbonyl (C=O) groups is 1. The number of nitrogens with zero attached hydrogens (tertiary/aromatic N) is 2. The first-order chi connectivity index (χ1) is 8.91. The van der Waals surface area contributed by atoms with Gasteiger partial charge >= 0.3 is 5.97 Å². The number of hydrogen-bond donors (Lipinski definition) is 1. The summed E-state index contributed by atoms with van der Waals surface area (Å²) in [4.78, 5) is 16.7. The Balaban J connectivity index is 2.66. The molecule has 1 saturated heterocycles. The van der Waals surface area contributed by atoms with Gasteiger partial charge in [0.15, 0.2) is 0 Å². The van der Waals surface area contributed by atoms with E-state index in [2.05, 4.69) is 29.0 Å². The minimum Gasteiger partial charge on any atom is -0.465 e. The highest BCUT2D eigenvalue weighted by Gasteiger charge is 2.45. The summed E-state index contributed by atoms with van der Waals surface area (Å²) in [6.07, 6.45) is 0.831. The molecule has 0 radical (unpaired) electrons. The van der Waals surface area contributed by atoms with Crippen molar-refractivity contribution in [1.82, 2.24) is 15.1 Å². The lowest BCUT2D eigenvalue weighted by molar-refractivity contribution is -0.150. The predicted molar refractivity (Wildman–Crippen MR) is 77.2 cm³/mol. The van der Waals surface area contributed by atoms with E-state index < -0.39 is 5.54 Å². The molecule has 0 saturated carbocycles. The van der Waals surface area contributed by atoms with Crippen LogP contribution >= 0.6 is 0 Å². The van der Waals surface area contributed by atoms with Gasteiger partial charge in [0.25, 0.3) is 0 Å². The van der Waals surface area contributed by atoms with Gasteiger partial charge in [-0.25, -0.2) is 4.79 Å². The lowest BCUT2D eigenvalue weighted by Gasteiger charge is -2.30. The number of carbonyl (C=O) groups excluding carboxylic acids is 1. The van der Waals surface area contributed by atoms with E-state index >= 15 is 0 Å². The summed E-state index contributed by atoms with van der Waals surface area (Å²) in [7, 11) is 4.07. The van der Waals surface area contributed by atoms with Crippen molar-refractivity contribution in [1.29, 1.82) is 0 Å². The average molecular weight is 271 g/mol. The van der Waals surface area contributed by atoms with E-state index in [9.17, 15) is 4.79 Å². The number of likely N-dealkylation sites (N-methyl/N-ethyl adjacent to an activating group) is 1. The third-order valence-electron chi connectivity index (χ3n) is 3.72. The van der Waals surface area contributed by atoms with Crippen LogP contribution in [0.5, 0.6) is 0 Å². The van der Waals surface area contributed by atoms with Gasteiger partial charge in [-0.2, -0.15) is 0 Å². The van der Waals surface area contributed by atoms with Gasteiger partial charge in [0.1, 0.15) is 5.54 Å². The summed E-state index contributed by atoms with van der Waals surface area (Å²) in [6.45, 7) is 10.1. The second kappa shape index (κ2) is 7.22. The highest BCUT2D eigenvalue weighted by atomic mass is 16.5. The second-order valence-corrected chi connectivity index (χ2v) is 5.85. The number of esters is 1. The summed E-state index contributed by atoms with van der Waals surface area (Å²) >= 11 is 0. The van der Waals surface area contributed by atoms with Crippen LogP contribution in [0.1, 0.15) is 27.2 Å². The average Bonchev–Trinajstić information content (AvgIpc) is 2.75. The summed E-state index contributed by atoms with van der Waals surface area (Å²) < 4.78 is 5.27. The smallest absolute Gasteiger partial charge is 0.327 e. The van der Waals surface area contributed by atoms with Crippen LogP contribution in [-0.2, 0) is 9.53 Å². The quantitative estimate of drug-likeness (QED) is 0.685. The van der Waals surface area contributed by atoms with E-state index in [-0.39, 0.29) is 5.97 Å². The minimum atomic E-state index is -0.518. The van der Waals surface area contributed by atoms with Crippen LogP contribution in [0, 0.1) is 0 Å². The molecule has 0 bridgehead atoms. The molecule has 1 aliphatic rings. The Bertz CT molecular complexity index is 294. The Labute approximate surface area is 117 Å². The normalized spacial score (nSPS) is 24.4. The summed E-state index contributed by atoms with van der Waals surface area (Å²) in [5.41, 5.74) is -0.518. The van der Waals surface area contributed by atoms with Gasteiger partial charge in [0.05, 0.1) is 6.61 Å². The zero-order chi connectivity index (χ0) is 14.5. The third-order valence-corrected chi connectivity index (χ3v) is 3.72. The Morgan fingerprint density at radius 2 is 2.16 bits per heavy atom. The molecule has 0 amide bonds. The molecule has 0 spiro atoms. The molecule has 1 unspecified atom stereocenters. The zero-order valence-corrected chi connectivity index (χ0v) is 13.0. The van der Waals surface area contributed by atoms with E-state index in [1.54, 1.807) is 0 Å². The van der Waals surface area contributed by atoms with Crippen LogP contribution in [0.2, 0.25) is 0 Å². The molecule has 0 aromatic heterocycles. The lowest BCUT2D eigenvalue weighted by Crippen LogP contribution is -2.56. The second-order valence-electron chi connectivity index (χ2n) is 5.85. The molecule has 1 aliphatic heterocycles. The molecule has 0 aromatic rings. The molecule has 1 atom stereocenters. The fraction of sp³-hybridized carbons (Fsp3) is 0.929. The molecule has 5 nitrogen and oxygen atoms in total. The van der Waals surface area contributed by atoms with Crippen LogP contribution in [-0.4, -0.2) is 74.2 Å². The molecule has 1 heterocycles. The Hall–Kier alpha value is -0.650. The highest BCUT2D eigenvalue weighted by molar-refractivity contribution is 5.81. The standard InChI is InChI=1S/C14H29N3O2/c1-6-19-13(18)14(15-8-10-16(4)5)7-9-17(11-14)12(2)3/h12,15H,6-11H2,1-5H3. The van der Waals surface area contributed by atoms with E-state index in [1.807, 2.05) is 21.0 Å². The first kappa shape index (κ1) is 16.4. The van der Waals surface area contributed by atoms with Crippen molar-refractivity contribution < 1.29 is 9.53 Å². The molecule has 0 aromatic carbocycles. The monoisotopic (exact) mass is 271 g/mol. The Morgan fingerprint density at radius 3 is 2.63 bits per heavy atom. The number of likely N-dealkylation sites (tertiary alicyclic amines) is 1. The molecule has 112 valence electrons. The van der Waals surface area contributed by atoms with Gasteiger partial charge in [-0.3, -0.25) is 10.2 Å². The van der Waals surface area contributed by atoms with Crippen molar-refractivity contribution in [3.63, 3.8) is 0 Å². The first-order valence-corrected chi connectivity index (χ1v) is 7.22. The fourth-order valence-corrected chi connectivity index (χ4v) is 2.45. The van der Waals surface area contributed by atoms with E-state index in [1.165, 1.54) is 0 Å². The molecule has 1 fully saturated rings. The van der Waals surface area contributed by atoms with E-state index in [0.29, 0.717) is 12.6 Å². The van der Waals surface area contributed by atoms with Gasteiger partial charge in [0.2, 0.25) is 0 Å². The van der Waals surface area contributed by atoms with Crippen LogP contribution in [0.3, 0.4) is 0 Å². The van der Waals surface area contributed by atoms with Crippen LogP contribution < -0.4 is 5.32 Å². The van der Waals surface area contributed by atoms with E-state index in [4.69, 9.17) is 4.74 Å². The number of hydrogen-bond acceptors (Lipinski definition) is 5. The van der Waals surface area contributed by atoms with Crippen molar-refractivity contribution in [3.05, 3.63) is 0 Å². The fourth-order valence-electron chi connectivity index (χ4n) is 2.45. The van der Waals surface area contributed by atoms with Crippen molar-refractivity contribution in [2.75, 3.05) is 46.9 Å². The number of rotatable bonds is 7. The van der Waals surface area contributed by atoms with Crippen LogP contribution in [0.25, 0.3) is 0 Å². The molecular formula is C14H29N3O2. The summed E-state index contributed by atoms with van der Waals surface area (Å²) in [6, 6.07) is 0.465. The SMILES string of the molecule is CCOC(=O)C1(NCCN(C)C)CCN(C(C)C)C1. The number of ether oxygens (including phenoxy) is 1. The molecular weight excluding hydrogens is 242 g/mol. The van der Waals surface area contributed by atoms with Crippen molar-refractivity contribution >= 4 is 5.97 Å². The highest BCUT2D eigenvalue weighted by Crippen LogP contribution is 2.24. The minimum absolute atomic E-state index is 0.100. The maximum atomic E-state index is 12.3. The van der Waals surface area contributed by atoms with E-state index in [0.717, 1.165) is 32.6 Å². The lowest BCUT2D eigenvalue weighted by atomic mass is 9.98. The molecule has 19 heavy (non-hydrogen) atoms. The molecule has 5 heteroatoms. The summed E-state index contributed by atoms with van der Waals surface area (Å²) in [5, 5.41) is 3.44.